The van der Waals surface area contributed by atoms with Crippen LogP contribution in [0.2, 0.25) is 0 Å². The highest BCUT2D eigenvalue weighted by atomic mass is 16.1. The third-order valence-electron chi connectivity index (χ3n) is 5.92. The molecule has 0 fully saturated rings. The minimum Gasteiger partial charge on any atom is -0.292 e. The number of hydrogen-bond acceptors (Lipinski definition) is 1. The molecule has 0 aliphatic heterocycles. The first-order valence-corrected chi connectivity index (χ1v) is 10.3. The van der Waals surface area contributed by atoms with Crippen molar-refractivity contribution >= 4 is 0 Å². The summed E-state index contributed by atoms with van der Waals surface area (Å²) in [4.78, 5) is 13.5. The number of nitrogens with zero attached hydrogens (tertiary/aromatic N) is 2. The molecule has 1 heterocycles. The van der Waals surface area contributed by atoms with Gasteiger partial charge in [0, 0.05) is 17.8 Å². The summed E-state index contributed by atoms with van der Waals surface area (Å²) in [5, 5.41) is 0. The minimum atomic E-state index is 0.0992. The SMILES string of the molecule is O=c1n(Cc2ccccc2)c2c(n1Cc1ccccc1)Cc1ccccc1CC2. The Hall–Kier alpha value is -3.33. The van der Waals surface area contributed by atoms with Crippen LogP contribution in [0.3, 0.4) is 0 Å². The van der Waals surface area contributed by atoms with E-state index in [4.69, 9.17) is 0 Å². The van der Waals surface area contributed by atoms with Gasteiger partial charge in [-0.15, -0.1) is 0 Å². The molecule has 3 nitrogen and oxygen atoms in total. The van der Waals surface area contributed by atoms with Crippen molar-refractivity contribution in [2.24, 2.45) is 0 Å². The van der Waals surface area contributed by atoms with Crippen molar-refractivity contribution in [1.29, 1.82) is 0 Å². The molecule has 1 aliphatic carbocycles. The summed E-state index contributed by atoms with van der Waals surface area (Å²) in [6.07, 6.45) is 2.69. The van der Waals surface area contributed by atoms with Crippen molar-refractivity contribution in [2.45, 2.75) is 32.4 Å². The largest absolute Gasteiger partial charge is 0.329 e. The quantitative estimate of drug-likeness (QED) is 0.514. The molecule has 3 heteroatoms. The highest BCUT2D eigenvalue weighted by molar-refractivity contribution is 5.37. The number of hydrogen-bond donors (Lipinski definition) is 0. The van der Waals surface area contributed by atoms with E-state index >= 15 is 0 Å². The van der Waals surface area contributed by atoms with Crippen LogP contribution in [0.25, 0.3) is 0 Å². The van der Waals surface area contributed by atoms with Gasteiger partial charge in [-0.05, 0) is 35.1 Å². The highest BCUT2D eigenvalue weighted by Gasteiger charge is 2.23. The average Bonchev–Trinajstić information content (AvgIpc) is 2.91. The zero-order valence-electron chi connectivity index (χ0n) is 16.4. The number of imidazole rings is 1. The van der Waals surface area contributed by atoms with Gasteiger partial charge in [0.2, 0.25) is 0 Å². The van der Waals surface area contributed by atoms with E-state index in [1.54, 1.807) is 0 Å². The molecule has 4 aromatic rings. The number of aromatic nitrogens is 2. The third-order valence-corrected chi connectivity index (χ3v) is 5.92. The molecular formula is C26H24N2O. The summed E-state index contributed by atoms with van der Waals surface area (Å²) in [5.41, 5.74) is 7.51. The van der Waals surface area contributed by atoms with Crippen LogP contribution in [0, 0.1) is 0 Å². The highest BCUT2D eigenvalue weighted by Crippen LogP contribution is 2.25. The number of rotatable bonds is 4. The van der Waals surface area contributed by atoms with E-state index in [2.05, 4.69) is 48.5 Å². The Morgan fingerprint density at radius 2 is 1.10 bits per heavy atom. The standard InChI is InChI=1S/C26H24N2O/c29-26-27(18-20-9-3-1-4-10-20)24-16-15-22-13-7-8-14-23(22)17-25(24)28(26)19-21-11-5-2-6-12-21/h1-14H,15-19H2. The molecule has 0 saturated carbocycles. The van der Waals surface area contributed by atoms with E-state index in [1.165, 1.54) is 22.5 Å². The fourth-order valence-electron chi connectivity index (χ4n) is 4.43. The van der Waals surface area contributed by atoms with E-state index in [0.29, 0.717) is 13.1 Å². The molecule has 1 aliphatic rings. The van der Waals surface area contributed by atoms with E-state index in [9.17, 15) is 4.79 Å². The lowest BCUT2D eigenvalue weighted by Gasteiger charge is -2.09. The van der Waals surface area contributed by atoms with Crippen LogP contribution < -0.4 is 5.69 Å². The first kappa shape index (κ1) is 17.7. The summed E-state index contributed by atoms with van der Waals surface area (Å²) in [6.45, 7) is 1.24. The molecule has 0 amide bonds. The summed E-state index contributed by atoms with van der Waals surface area (Å²) >= 11 is 0. The molecule has 1 aromatic heterocycles. The minimum absolute atomic E-state index is 0.0992. The van der Waals surface area contributed by atoms with Gasteiger partial charge >= 0.3 is 5.69 Å². The Balaban J connectivity index is 1.63. The van der Waals surface area contributed by atoms with Gasteiger partial charge in [-0.25, -0.2) is 4.79 Å². The Kier molecular flexibility index (Phi) is 4.65. The van der Waals surface area contributed by atoms with E-state index in [1.807, 2.05) is 45.5 Å². The number of benzene rings is 3. The smallest absolute Gasteiger partial charge is 0.292 e. The van der Waals surface area contributed by atoms with Crippen LogP contribution in [-0.2, 0) is 32.4 Å². The second kappa shape index (κ2) is 7.59. The summed E-state index contributed by atoms with van der Waals surface area (Å²) in [6, 6.07) is 29.2. The van der Waals surface area contributed by atoms with Crippen molar-refractivity contribution in [1.82, 2.24) is 9.13 Å². The zero-order valence-corrected chi connectivity index (χ0v) is 16.4. The van der Waals surface area contributed by atoms with Gasteiger partial charge in [0.25, 0.3) is 0 Å². The van der Waals surface area contributed by atoms with Crippen LogP contribution in [0.15, 0.2) is 89.7 Å². The molecule has 3 aromatic carbocycles. The van der Waals surface area contributed by atoms with E-state index in [0.717, 1.165) is 30.4 Å². The van der Waals surface area contributed by atoms with E-state index < -0.39 is 0 Å². The summed E-state index contributed by atoms with van der Waals surface area (Å²) < 4.78 is 4.00. The lowest BCUT2D eigenvalue weighted by Crippen LogP contribution is -2.27. The van der Waals surface area contributed by atoms with Crippen LogP contribution in [0.1, 0.15) is 33.6 Å². The molecule has 0 radical (unpaired) electrons. The summed E-state index contributed by atoms with van der Waals surface area (Å²) in [7, 11) is 0. The molecular weight excluding hydrogens is 356 g/mol. The van der Waals surface area contributed by atoms with Crippen molar-refractivity contribution in [3.63, 3.8) is 0 Å². The Morgan fingerprint density at radius 3 is 1.72 bits per heavy atom. The number of aryl methyl sites for hydroxylation is 1. The van der Waals surface area contributed by atoms with Crippen LogP contribution in [0.5, 0.6) is 0 Å². The van der Waals surface area contributed by atoms with Crippen LogP contribution in [-0.4, -0.2) is 9.13 Å². The van der Waals surface area contributed by atoms with Gasteiger partial charge < -0.3 is 0 Å². The fourth-order valence-corrected chi connectivity index (χ4v) is 4.43. The van der Waals surface area contributed by atoms with Crippen molar-refractivity contribution < 1.29 is 0 Å². The van der Waals surface area contributed by atoms with Gasteiger partial charge in [-0.3, -0.25) is 9.13 Å². The molecule has 5 rings (SSSR count). The fraction of sp³-hybridized carbons (Fsp3) is 0.192. The van der Waals surface area contributed by atoms with Crippen molar-refractivity contribution in [2.75, 3.05) is 0 Å². The van der Waals surface area contributed by atoms with Crippen LogP contribution in [0.4, 0.5) is 0 Å². The maximum atomic E-state index is 13.5. The predicted molar refractivity (Wildman–Crippen MR) is 116 cm³/mol. The molecule has 0 saturated heterocycles. The molecule has 0 N–H and O–H groups in total. The zero-order chi connectivity index (χ0) is 19.6. The van der Waals surface area contributed by atoms with Gasteiger partial charge in [0.15, 0.2) is 0 Å². The number of fused-ring (bicyclic) bond motifs is 2. The normalized spacial score (nSPS) is 12.8. The Labute approximate surface area is 170 Å². The van der Waals surface area contributed by atoms with Gasteiger partial charge in [-0.2, -0.15) is 0 Å². The molecule has 0 spiro atoms. The monoisotopic (exact) mass is 380 g/mol. The first-order valence-electron chi connectivity index (χ1n) is 10.3. The molecule has 0 atom stereocenters. The second-order valence-corrected chi connectivity index (χ2v) is 7.76. The lowest BCUT2D eigenvalue weighted by atomic mass is 10.0. The maximum Gasteiger partial charge on any atom is 0.329 e. The van der Waals surface area contributed by atoms with Crippen LogP contribution >= 0.6 is 0 Å². The predicted octanol–water partition coefficient (Wildman–Crippen LogP) is 4.44. The Morgan fingerprint density at radius 1 is 0.586 bits per heavy atom. The van der Waals surface area contributed by atoms with Crippen molar-refractivity contribution in [3.8, 4) is 0 Å². The van der Waals surface area contributed by atoms with Crippen molar-refractivity contribution in [3.05, 3.63) is 129 Å². The first-order chi connectivity index (χ1) is 14.3. The second-order valence-electron chi connectivity index (χ2n) is 7.76. The molecule has 0 unspecified atom stereocenters. The molecule has 0 bridgehead atoms. The third kappa shape index (κ3) is 3.44. The van der Waals surface area contributed by atoms with E-state index in [-0.39, 0.29) is 5.69 Å². The van der Waals surface area contributed by atoms with Gasteiger partial charge in [0.05, 0.1) is 13.1 Å². The Bertz CT molecular complexity index is 1190. The molecule has 144 valence electrons. The average molecular weight is 380 g/mol. The summed E-state index contributed by atoms with van der Waals surface area (Å²) in [5.74, 6) is 0. The lowest BCUT2D eigenvalue weighted by molar-refractivity contribution is 0.659. The maximum absolute atomic E-state index is 13.5. The topological polar surface area (TPSA) is 26.9 Å². The molecule has 29 heavy (non-hydrogen) atoms. The van der Waals surface area contributed by atoms with Gasteiger partial charge in [-0.1, -0.05) is 84.9 Å². The van der Waals surface area contributed by atoms with Gasteiger partial charge in [0.1, 0.15) is 0 Å².